The Balaban J connectivity index is 1.80. The average Bonchev–Trinajstić information content (AvgIpc) is 3.30. The minimum atomic E-state index is -3.40. The number of nitrogens with zero attached hydrogens (tertiary/aromatic N) is 2. The van der Waals surface area contributed by atoms with Crippen molar-refractivity contribution in [1.82, 2.24) is 4.90 Å². The van der Waals surface area contributed by atoms with Crippen LogP contribution in [0.15, 0.2) is 125 Å². The minimum Gasteiger partial charge on any atom is -0.464 e. The molecule has 0 fully saturated rings. The van der Waals surface area contributed by atoms with Gasteiger partial charge in [-0.05, 0) is 35.7 Å². The zero-order chi connectivity index (χ0) is 27.5. The second-order valence-electron chi connectivity index (χ2n) is 9.51. The average molecular weight is 539 g/mol. The standard InChI is InChI=1S/C32H30N2O4S/c1-3-38-31(35)32(27-17-11-6-12-18-27)29(25-19-21-28(22-20-25)39(2,36)37)34(23-24-13-7-4-8-14-24)30(33-32)26-15-9-5-10-16-26/h4-22,29H,3,23H2,1-2H3/t29-,32-/m1/s1. The van der Waals surface area contributed by atoms with Gasteiger partial charge in [-0.2, -0.15) is 0 Å². The van der Waals surface area contributed by atoms with Gasteiger partial charge in [-0.3, -0.25) is 0 Å². The van der Waals surface area contributed by atoms with Gasteiger partial charge >= 0.3 is 5.97 Å². The Bertz CT molecular complexity index is 1570. The molecule has 0 N–H and O–H groups in total. The molecule has 1 heterocycles. The highest BCUT2D eigenvalue weighted by molar-refractivity contribution is 7.90. The number of carbonyl (C=O) groups is 1. The van der Waals surface area contributed by atoms with Crippen LogP contribution < -0.4 is 0 Å². The monoisotopic (exact) mass is 538 g/mol. The molecule has 4 aromatic carbocycles. The highest BCUT2D eigenvalue weighted by atomic mass is 32.2. The lowest BCUT2D eigenvalue weighted by Gasteiger charge is -2.37. The Morgan fingerprint density at radius 2 is 1.41 bits per heavy atom. The predicted octanol–water partition coefficient (Wildman–Crippen LogP) is 5.55. The zero-order valence-corrected chi connectivity index (χ0v) is 22.7. The molecule has 6 nitrogen and oxygen atoms in total. The molecule has 1 aliphatic heterocycles. The number of hydrogen-bond acceptors (Lipinski definition) is 6. The number of esters is 1. The summed E-state index contributed by atoms with van der Waals surface area (Å²) in [6, 6.07) is 35.4. The van der Waals surface area contributed by atoms with Crippen molar-refractivity contribution in [1.29, 1.82) is 0 Å². The van der Waals surface area contributed by atoms with E-state index in [1.807, 2.05) is 91.0 Å². The van der Waals surface area contributed by atoms with Crippen LogP contribution in [0.4, 0.5) is 0 Å². The minimum absolute atomic E-state index is 0.196. The summed E-state index contributed by atoms with van der Waals surface area (Å²) in [6.45, 7) is 2.45. The third kappa shape index (κ3) is 5.10. The Kier molecular flexibility index (Phi) is 7.35. The van der Waals surface area contributed by atoms with Crippen LogP contribution in [0.5, 0.6) is 0 Å². The van der Waals surface area contributed by atoms with E-state index in [0.717, 1.165) is 16.7 Å². The summed E-state index contributed by atoms with van der Waals surface area (Å²) in [5, 5.41) is 0. The van der Waals surface area contributed by atoms with Crippen molar-refractivity contribution in [3.05, 3.63) is 138 Å². The Morgan fingerprint density at radius 1 is 0.846 bits per heavy atom. The molecule has 0 unspecified atom stereocenters. The van der Waals surface area contributed by atoms with Crippen molar-refractivity contribution in [3.63, 3.8) is 0 Å². The normalized spacial score (nSPS) is 19.0. The number of hydrogen-bond donors (Lipinski definition) is 0. The molecule has 4 aromatic rings. The maximum absolute atomic E-state index is 14.1. The van der Waals surface area contributed by atoms with Crippen LogP contribution in [-0.4, -0.2) is 38.0 Å². The summed E-state index contributed by atoms with van der Waals surface area (Å²) >= 11 is 0. The van der Waals surface area contributed by atoms with E-state index in [1.54, 1.807) is 31.2 Å². The van der Waals surface area contributed by atoms with Crippen molar-refractivity contribution < 1.29 is 17.9 Å². The maximum Gasteiger partial charge on any atom is 0.341 e. The summed E-state index contributed by atoms with van der Waals surface area (Å²) in [5.41, 5.74) is 1.94. The number of carbonyl (C=O) groups excluding carboxylic acids is 1. The number of benzene rings is 4. The third-order valence-electron chi connectivity index (χ3n) is 6.91. The van der Waals surface area contributed by atoms with Gasteiger partial charge in [0.1, 0.15) is 5.84 Å². The van der Waals surface area contributed by atoms with Gasteiger partial charge in [0.2, 0.25) is 5.54 Å². The molecule has 0 radical (unpaired) electrons. The molecule has 1 aliphatic rings. The molecule has 198 valence electrons. The first-order valence-electron chi connectivity index (χ1n) is 12.8. The van der Waals surface area contributed by atoms with Gasteiger partial charge in [-0.25, -0.2) is 18.2 Å². The molecule has 2 atom stereocenters. The van der Waals surface area contributed by atoms with Crippen LogP contribution in [0.2, 0.25) is 0 Å². The van der Waals surface area contributed by atoms with Crippen molar-refractivity contribution in [2.75, 3.05) is 12.9 Å². The Morgan fingerprint density at radius 3 is 1.97 bits per heavy atom. The fourth-order valence-corrected chi connectivity index (χ4v) is 5.78. The highest BCUT2D eigenvalue weighted by Crippen LogP contribution is 2.50. The van der Waals surface area contributed by atoms with Crippen LogP contribution in [0.25, 0.3) is 0 Å². The van der Waals surface area contributed by atoms with E-state index in [4.69, 9.17) is 9.73 Å². The van der Waals surface area contributed by atoms with Gasteiger partial charge in [-0.1, -0.05) is 103 Å². The van der Waals surface area contributed by atoms with Crippen molar-refractivity contribution in [2.24, 2.45) is 4.99 Å². The molecule has 0 saturated carbocycles. The molecule has 0 amide bonds. The molecule has 5 rings (SSSR count). The second-order valence-corrected chi connectivity index (χ2v) is 11.5. The van der Waals surface area contributed by atoms with Gasteiger partial charge in [0.25, 0.3) is 0 Å². The first-order valence-corrected chi connectivity index (χ1v) is 14.7. The largest absolute Gasteiger partial charge is 0.464 e. The molecule has 39 heavy (non-hydrogen) atoms. The first kappa shape index (κ1) is 26.4. The van der Waals surface area contributed by atoms with E-state index in [-0.39, 0.29) is 11.5 Å². The van der Waals surface area contributed by atoms with Crippen molar-refractivity contribution >= 4 is 21.6 Å². The topological polar surface area (TPSA) is 76.0 Å². The molecule has 0 aliphatic carbocycles. The van der Waals surface area contributed by atoms with E-state index < -0.39 is 27.4 Å². The number of aliphatic imine (C=N–C) groups is 1. The van der Waals surface area contributed by atoms with Gasteiger partial charge in [-0.15, -0.1) is 0 Å². The maximum atomic E-state index is 14.1. The van der Waals surface area contributed by atoms with E-state index >= 15 is 0 Å². The summed E-state index contributed by atoms with van der Waals surface area (Å²) in [7, 11) is -3.40. The summed E-state index contributed by atoms with van der Waals surface area (Å²) in [5.74, 6) is 0.200. The van der Waals surface area contributed by atoms with E-state index in [9.17, 15) is 13.2 Å². The van der Waals surface area contributed by atoms with E-state index in [1.165, 1.54) is 6.26 Å². The van der Waals surface area contributed by atoms with Crippen LogP contribution in [-0.2, 0) is 31.5 Å². The predicted molar refractivity (Wildman–Crippen MR) is 152 cm³/mol. The lowest BCUT2D eigenvalue weighted by atomic mass is 9.79. The molecule has 0 spiro atoms. The SMILES string of the molecule is CCOC(=O)[C@]1(c2ccccc2)N=C(c2ccccc2)N(Cc2ccccc2)[C@@H]1c1ccc(S(C)(=O)=O)cc1. The molecule has 0 bridgehead atoms. The first-order chi connectivity index (χ1) is 18.8. The second kappa shape index (κ2) is 10.9. The number of rotatable bonds is 8. The van der Waals surface area contributed by atoms with Gasteiger partial charge in [0, 0.05) is 18.4 Å². The number of ether oxygens (including phenoxy) is 1. The van der Waals surface area contributed by atoms with Gasteiger partial charge < -0.3 is 9.64 Å². The summed E-state index contributed by atoms with van der Waals surface area (Å²) in [6.07, 6.45) is 1.18. The fourth-order valence-electron chi connectivity index (χ4n) is 5.15. The molecule has 0 aromatic heterocycles. The fraction of sp³-hybridized carbons (Fsp3) is 0.188. The summed E-state index contributed by atoms with van der Waals surface area (Å²) in [4.78, 5) is 21.7. The van der Waals surface area contributed by atoms with Crippen LogP contribution >= 0.6 is 0 Å². The highest BCUT2D eigenvalue weighted by Gasteiger charge is 2.57. The Labute approximate surface area is 229 Å². The quantitative estimate of drug-likeness (QED) is 0.275. The number of sulfone groups is 1. The lowest BCUT2D eigenvalue weighted by molar-refractivity contribution is -0.151. The van der Waals surface area contributed by atoms with Gasteiger partial charge in [0.15, 0.2) is 9.84 Å². The summed E-state index contributed by atoms with van der Waals surface area (Å²) < 4.78 is 30.2. The third-order valence-corrected chi connectivity index (χ3v) is 8.04. The number of amidine groups is 1. The van der Waals surface area contributed by atoms with Crippen molar-refractivity contribution in [3.8, 4) is 0 Å². The van der Waals surface area contributed by atoms with Crippen molar-refractivity contribution in [2.45, 2.75) is 29.9 Å². The van der Waals surface area contributed by atoms with Crippen LogP contribution in [0, 0.1) is 0 Å². The molecule has 7 heteroatoms. The molecular formula is C32H30N2O4S. The van der Waals surface area contributed by atoms with Crippen LogP contribution in [0.1, 0.15) is 35.2 Å². The Hall–Kier alpha value is -4.23. The lowest BCUT2D eigenvalue weighted by Crippen LogP contribution is -2.44. The van der Waals surface area contributed by atoms with E-state index in [0.29, 0.717) is 17.9 Å². The van der Waals surface area contributed by atoms with E-state index in [2.05, 4.69) is 4.90 Å². The van der Waals surface area contributed by atoms with Crippen LogP contribution in [0.3, 0.4) is 0 Å². The molecule has 0 saturated heterocycles. The molecular weight excluding hydrogens is 508 g/mol. The smallest absolute Gasteiger partial charge is 0.341 e. The zero-order valence-electron chi connectivity index (χ0n) is 21.9. The van der Waals surface area contributed by atoms with Gasteiger partial charge in [0.05, 0.1) is 17.5 Å².